The molecule has 6 aromatic carbocycles. The number of benzene rings is 6. The number of aryl methyl sites for hydroxylation is 4. The van der Waals surface area contributed by atoms with Crippen molar-refractivity contribution in [1.82, 2.24) is 47.8 Å². The van der Waals surface area contributed by atoms with Crippen LogP contribution in [0.1, 0.15) is 24.2 Å². The first kappa shape index (κ1) is 35.4. The van der Waals surface area contributed by atoms with E-state index in [1.54, 1.807) is 0 Å². The first-order valence-electron chi connectivity index (χ1n) is 22.2. The van der Waals surface area contributed by atoms with E-state index >= 15 is 0 Å². The average Bonchev–Trinajstić information content (AvgIpc) is 4.21. The van der Waals surface area contributed by atoms with Gasteiger partial charge in [0, 0.05) is 69.8 Å². The molecule has 0 aliphatic carbocycles. The van der Waals surface area contributed by atoms with Gasteiger partial charge in [0.1, 0.15) is 12.7 Å². The molecule has 0 saturated carbocycles. The fourth-order valence-electron chi connectivity index (χ4n) is 10.7. The molecule has 306 valence electrons. The summed E-state index contributed by atoms with van der Waals surface area (Å²) in [5, 5.41) is 14.1. The standard InChI is InChI=1S/C54H40N10/c1-3-17-47-41(13-1)43-29-35(19-21-49(43)63(47)39-11-5-9-37(31-39)59-33-55-45-15-7-27-61-51(53(45)59)23-25-57-61)36-20-22-50-44(30-36)42-14-2-4-18-48(42)64(50)40-12-6-10-38(32-40)60-34-56-46-16-8-28-62-52(54(46)60)24-26-58-62/h1-6,9-14,17-26,29-34H,7-8,15-16,27-28H2. The van der Waals surface area contributed by atoms with Gasteiger partial charge < -0.3 is 9.13 Å². The molecule has 6 aromatic heterocycles. The molecule has 0 amide bonds. The average molecular weight is 829 g/mol. The highest BCUT2D eigenvalue weighted by Gasteiger charge is 2.24. The lowest BCUT2D eigenvalue weighted by atomic mass is 10.0. The van der Waals surface area contributed by atoms with Crippen LogP contribution >= 0.6 is 0 Å². The zero-order valence-electron chi connectivity index (χ0n) is 34.9. The zero-order chi connectivity index (χ0) is 41.9. The largest absolute Gasteiger partial charge is 0.309 e. The lowest BCUT2D eigenvalue weighted by Crippen LogP contribution is -2.03. The van der Waals surface area contributed by atoms with E-state index < -0.39 is 0 Å². The maximum atomic E-state index is 4.90. The highest BCUT2D eigenvalue weighted by Crippen LogP contribution is 2.40. The van der Waals surface area contributed by atoms with Gasteiger partial charge in [-0.15, -0.1) is 0 Å². The normalized spacial score (nSPS) is 13.6. The summed E-state index contributed by atoms with van der Waals surface area (Å²) in [6.45, 7) is 1.80. The number of imidazole rings is 2. The Bertz CT molecular complexity index is 3570. The third-order valence-electron chi connectivity index (χ3n) is 13.6. The van der Waals surface area contributed by atoms with Crippen molar-refractivity contribution in [2.75, 3.05) is 0 Å². The van der Waals surface area contributed by atoms with Gasteiger partial charge in [-0.25, -0.2) is 9.97 Å². The molecular weight excluding hydrogens is 789 g/mol. The molecule has 0 N–H and O–H groups in total. The van der Waals surface area contributed by atoms with Crippen molar-refractivity contribution in [3.05, 3.63) is 182 Å². The quantitative estimate of drug-likeness (QED) is 0.173. The highest BCUT2D eigenvalue weighted by atomic mass is 15.3. The number of hydrogen-bond acceptors (Lipinski definition) is 4. The number of para-hydroxylation sites is 2. The number of hydrogen-bond donors (Lipinski definition) is 0. The van der Waals surface area contributed by atoms with E-state index in [4.69, 9.17) is 9.97 Å². The van der Waals surface area contributed by atoms with E-state index in [0.29, 0.717) is 0 Å². The minimum atomic E-state index is 0.900. The maximum absolute atomic E-state index is 4.90. The van der Waals surface area contributed by atoms with E-state index in [9.17, 15) is 0 Å². The van der Waals surface area contributed by atoms with Crippen LogP contribution < -0.4 is 0 Å². The van der Waals surface area contributed by atoms with Gasteiger partial charge in [0.2, 0.25) is 0 Å². The summed E-state index contributed by atoms with van der Waals surface area (Å²) < 4.78 is 13.5. The molecule has 0 spiro atoms. The Hall–Kier alpha value is -8.24. The molecule has 10 heteroatoms. The SMILES string of the molecule is c1cc(-n2cnc3c2-c2ccnn2CCC3)cc(-n2c3ccccc3c3cc(-c4ccc5c(c4)c4ccccc4n5-c4cccc(-n5cnc6c5-c5ccnn5CCC6)c4)ccc32)c1. The number of fused-ring (bicyclic) bond motifs is 12. The molecular formula is C54H40N10. The van der Waals surface area contributed by atoms with Crippen LogP contribution in [0.5, 0.6) is 0 Å². The summed E-state index contributed by atoms with van der Waals surface area (Å²) in [4.78, 5) is 9.79. The Balaban J connectivity index is 0.873. The summed E-state index contributed by atoms with van der Waals surface area (Å²) in [6, 6.07) is 53.3. The van der Waals surface area contributed by atoms with Crippen LogP contribution in [0.3, 0.4) is 0 Å². The lowest BCUT2D eigenvalue weighted by molar-refractivity contribution is 0.591. The molecule has 12 aromatic rings. The van der Waals surface area contributed by atoms with Crippen LogP contribution in [-0.2, 0) is 25.9 Å². The van der Waals surface area contributed by atoms with Crippen LogP contribution in [-0.4, -0.2) is 47.8 Å². The van der Waals surface area contributed by atoms with E-state index in [2.05, 4.69) is 183 Å². The van der Waals surface area contributed by atoms with Crippen molar-refractivity contribution in [3.8, 4) is 56.7 Å². The van der Waals surface area contributed by atoms with Crippen molar-refractivity contribution in [2.45, 2.75) is 38.8 Å². The molecule has 0 saturated heterocycles. The predicted molar refractivity (Wildman–Crippen MR) is 254 cm³/mol. The molecule has 2 aliphatic rings. The van der Waals surface area contributed by atoms with Crippen LogP contribution in [0.4, 0.5) is 0 Å². The summed E-state index contributed by atoms with van der Waals surface area (Å²) in [5.41, 5.74) is 18.2. The second kappa shape index (κ2) is 13.6. The molecule has 0 fully saturated rings. The Kier molecular flexibility index (Phi) is 7.53. The molecule has 0 bridgehead atoms. The van der Waals surface area contributed by atoms with Crippen LogP contribution in [0.15, 0.2) is 171 Å². The van der Waals surface area contributed by atoms with Crippen molar-refractivity contribution in [3.63, 3.8) is 0 Å². The van der Waals surface area contributed by atoms with Gasteiger partial charge in [0.05, 0.1) is 56.2 Å². The summed E-state index contributed by atoms with van der Waals surface area (Å²) in [6.07, 6.45) is 11.7. The fourth-order valence-corrected chi connectivity index (χ4v) is 10.7. The Morgan fingerprint density at radius 3 is 1.34 bits per heavy atom. The van der Waals surface area contributed by atoms with Crippen molar-refractivity contribution in [2.24, 2.45) is 0 Å². The molecule has 2 aliphatic heterocycles. The summed E-state index contributed by atoms with van der Waals surface area (Å²) >= 11 is 0. The summed E-state index contributed by atoms with van der Waals surface area (Å²) in [7, 11) is 0. The maximum Gasteiger partial charge on any atom is 0.100 e. The zero-order valence-corrected chi connectivity index (χ0v) is 34.9. The van der Waals surface area contributed by atoms with Gasteiger partial charge in [0.25, 0.3) is 0 Å². The van der Waals surface area contributed by atoms with Crippen molar-refractivity contribution < 1.29 is 0 Å². The van der Waals surface area contributed by atoms with Crippen LogP contribution in [0, 0.1) is 0 Å². The number of aromatic nitrogens is 10. The van der Waals surface area contributed by atoms with Gasteiger partial charge >= 0.3 is 0 Å². The van der Waals surface area contributed by atoms with E-state index in [-0.39, 0.29) is 0 Å². The van der Waals surface area contributed by atoms with E-state index in [1.165, 1.54) is 54.7 Å². The first-order valence-corrected chi connectivity index (χ1v) is 22.2. The molecule has 8 heterocycles. The van der Waals surface area contributed by atoms with Crippen LogP contribution in [0.2, 0.25) is 0 Å². The first-order chi connectivity index (χ1) is 31.7. The number of nitrogens with zero attached hydrogens (tertiary/aromatic N) is 10. The minimum absolute atomic E-state index is 0.900. The monoisotopic (exact) mass is 828 g/mol. The van der Waals surface area contributed by atoms with Gasteiger partial charge in [-0.1, -0.05) is 60.7 Å². The van der Waals surface area contributed by atoms with E-state index in [0.717, 1.165) is 95.7 Å². The highest BCUT2D eigenvalue weighted by molar-refractivity contribution is 6.12. The molecule has 10 nitrogen and oxygen atoms in total. The molecule has 0 atom stereocenters. The third kappa shape index (κ3) is 5.19. The van der Waals surface area contributed by atoms with Gasteiger partial charge in [-0.2, -0.15) is 10.2 Å². The Morgan fingerprint density at radius 2 is 0.844 bits per heavy atom. The van der Waals surface area contributed by atoms with Gasteiger partial charge in [0.15, 0.2) is 0 Å². The smallest absolute Gasteiger partial charge is 0.100 e. The van der Waals surface area contributed by atoms with Gasteiger partial charge in [-0.3, -0.25) is 18.5 Å². The molecule has 14 rings (SSSR count). The van der Waals surface area contributed by atoms with Gasteiger partial charge in [-0.05, 0) is 122 Å². The topological polar surface area (TPSA) is 81.1 Å². The van der Waals surface area contributed by atoms with E-state index in [1.807, 2.05) is 25.0 Å². The Morgan fingerprint density at radius 1 is 0.391 bits per heavy atom. The Labute approximate surface area is 367 Å². The molecule has 0 radical (unpaired) electrons. The summed E-state index contributed by atoms with van der Waals surface area (Å²) in [5.74, 6) is 0. The van der Waals surface area contributed by atoms with Crippen LogP contribution in [0.25, 0.3) is 100 Å². The minimum Gasteiger partial charge on any atom is -0.309 e. The second-order valence-electron chi connectivity index (χ2n) is 17.1. The molecule has 64 heavy (non-hydrogen) atoms. The lowest BCUT2D eigenvalue weighted by Gasteiger charge is -2.13. The van der Waals surface area contributed by atoms with Crippen molar-refractivity contribution in [1.29, 1.82) is 0 Å². The number of rotatable bonds is 5. The third-order valence-corrected chi connectivity index (χ3v) is 13.6. The molecule has 0 unspecified atom stereocenters. The predicted octanol–water partition coefficient (Wildman–Crippen LogP) is 11.5. The fraction of sp³-hybridized carbons (Fsp3) is 0.111. The van der Waals surface area contributed by atoms with Crippen molar-refractivity contribution >= 4 is 43.6 Å². The second-order valence-corrected chi connectivity index (χ2v) is 17.1.